The number of benzene rings is 2. The largest absolute Gasteiger partial charge is 0.464 e. The summed E-state index contributed by atoms with van der Waals surface area (Å²) in [4.78, 5) is 26.2. The van der Waals surface area contributed by atoms with Gasteiger partial charge >= 0.3 is 11.9 Å². The maximum absolute atomic E-state index is 13.4. The number of nitrogens with zero attached hydrogens (tertiary/aromatic N) is 1. The Hall–Kier alpha value is -2.70. The minimum absolute atomic E-state index is 0.0899. The molecule has 1 unspecified atom stereocenters. The van der Waals surface area contributed by atoms with Crippen LogP contribution < -0.4 is 0 Å². The molecule has 0 aromatic heterocycles. The van der Waals surface area contributed by atoms with Gasteiger partial charge in [0.25, 0.3) is 0 Å². The van der Waals surface area contributed by atoms with Crippen LogP contribution >= 0.6 is 0 Å². The monoisotopic (exact) mass is 554 g/mol. The molecule has 0 fully saturated rings. The van der Waals surface area contributed by atoms with Gasteiger partial charge in [-0.05, 0) is 52.5 Å². The van der Waals surface area contributed by atoms with Gasteiger partial charge in [0.15, 0.2) is 0 Å². The van der Waals surface area contributed by atoms with Crippen molar-refractivity contribution in [1.29, 1.82) is 0 Å². The van der Waals surface area contributed by atoms with Crippen molar-refractivity contribution in [2.24, 2.45) is 10.8 Å². The molecular weight excluding hydrogens is 502 g/mol. The number of hydrogen-bond donors (Lipinski definition) is 0. The fraction of sp³-hybridized carbons (Fsp3) is 0.588. The molecule has 2 rings (SSSR count). The number of rotatable bonds is 16. The van der Waals surface area contributed by atoms with Gasteiger partial charge in [0, 0.05) is 11.1 Å². The van der Waals surface area contributed by atoms with E-state index in [1.807, 2.05) is 59.7 Å². The summed E-state index contributed by atoms with van der Waals surface area (Å²) in [5.41, 5.74) is 1.33. The quantitative estimate of drug-likeness (QED) is 0.164. The lowest BCUT2D eigenvalue weighted by molar-refractivity contribution is -0.916. The highest BCUT2D eigenvalue weighted by molar-refractivity contribution is 5.79. The predicted octanol–water partition coefficient (Wildman–Crippen LogP) is 7.09. The Bertz CT molecular complexity index is 1070. The van der Waals surface area contributed by atoms with Crippen LogP contribution in [0.1, 0.15) is 84.4 Å². The van der Waals surface area contributed by atoms with Gasteiger partial charge in [0.1, 0.15) is 31.7 Å². The molecule has 2 aromatic rings. The fourth-order valence-electron chi connectivity index (χ4n) is 4.25. The Morgan fingerprint density at radius 3 is 1.68 bits per heavy atom. The van der Waals surface area contributed by atoms with Crippen LogP contribution in [0, 0.1) is 10.8 Å². The van der Waals surface area contributed by atoms with E-state index >= 15 is 0 Å². The van der Waals surface area contributed by atoms with Crippen LogP contribution in [0.2, 0.25) is 0 Å². The molecule has 0 radical (unpaired) electrons. The highest BCUT2D eigenvalue weighted by Crippen LogP contribution is 2.30. The molecule has 0 bridgehead atoms. The van der Waals surface area contributed by atoms with E-state index in [9.17, 15) is 9.59 Å². The lowest BCUT2D eigenvalue weighted by Crippen LogP contribution is -2.43. The van der Waals surface area contributed by atoms with Gasteiger partial charge in [-0.2, -0.15) is 0 Å². The summed E-state index contributed by atoms with van der Waals surface area (Å²) in [6, 6.07) is 18.7. The topological polar surface area (TPSA) is 61.8 Å². The molecule has 0 aliphatic carbocycles. The number of quaternary nitrogens is 1. The molecule has 0 spiro atoms. The van der Waals surface area contributed by atoms with Gasteiger partial charge < -0.3 is 18.7 Å². The van der Waals surface area contributed by atoms with Crippen LogP contribution in [0.3, 0.4) is 0 Å². The molecule has 0 heterocycles. The van der Waals surface area contributed by atoms with E-state index in [1.54, 1.807) is 6.92 Å². The minimum atomic E-state index is -1.12. The first-order valence-corrected chi connectivity index (χ1v) is 14.6. The van der Waals surface area contributed by atoms with Crippen LogP contribution in [-0.2, 0) is 43.5 Å². The Kier molecular flexibility index (Phi) is 12.0. The highest BCUT2D eigenvalue weighted by Gasteiger charge is 2.41. The number of carbonyl (C=O) groups excluding carboxylic acids is 2. The first kappa shape index (κ1) is 33.5. The van der Waals surface area contributed by atoms with Crippen LogP contribution in [0.25, 0.3) is 0 Å². The predicted molar refractivity (Wildman–Crippen MR) is 160 cm³/mol. The SMILES string of the molecule is CCC(C)(C)OCC(C)(COC(=O)C(C)(CC)CC)C(=O)OCc1ccc(C[N+](C)(C)Cc2ccccc2)cc1. The maximum Gasteiger partial charge on any atom is 0.317 e. The molecule has 6 heteroatoms. The molecule has 6 nitrogen and oxygen atoms in total. The second kappa shape index (κ2) is 14.3. The summed E-state index contributed by atoms with van der Waals surface area (Å²) in [7, 11) is 4.45. The summed E-state index contributed by atoms with van der Waals surface area (Å²) in [6.07, 6.45) is 2.12. The first-order valence-electron chi connectivity index (χ1n) is 14.6. The van der Waals surface area contributed by atoms with E-state index in [1.165, 1.54) is 11.1 Å². The third-order valence-electron chi connectivity index (χ3n) is 8.16. The summed E-state index contributed by atoms with van der Waals surface area (Å²) in [5.74, 6) is -0.734. The average molecular weight is 555 g/mol. The van der Waals surface area contributed by atoms with Crippen LogP contribution in [0.15, 0.2) is 54.6 Å². The summed E-state index contributed by atoms with van der Waals surface area (Å²) < 4.78 is 18.4. The van der Waals surface area contributed by atoms with Crippen LogP contribution in [0.5, 0.6) is 0 Å². The zero-order valence-corrected chi connectivity index (χ0v) is 26.3. The third-order valence-corrected chi connectivity index (χ3v) is 8.16. The number of ether oxygens (including phenoxy) is 3. The van der Waals surface area contributed by atoms with Gasteiger partial charge in [-0.15, -0.1) is 0 Å². The van der Waals surface area contributed by atoms with Crippen LogP contribution in [-0.4, -0.2) is 49.3 Å². The van der Waals surface area contributed by atoms with Crippen molar-refractivity contribution in [3.05, 3.63) is 71.3 Å². The Morgan fingerprint density at radius 2 is 1.15 bits per heavy atom. The molecule has 222 valence electrons. The molecule has 0 aliphatic heterocycles. The normalized spacial score (nSPS) is 13.9. The molecular formula is C34H52NO5+. The number of esters is 2. The van der Waals surface area contributed by atoms with E-state index in [4.69, 9.17) is 14.2 Å². The maximum atomic E-state index is 13.4. The van der Waals surface area contributed by atoms with Crippen molar-refractivity contribution >= 4 is 11.9 Å². The molecule has 2 aromatic carbocycles. The molecule has 40 heavy (non-hydrogen) atoms. The van der Waals surface area contributed by atoms with Crippen molar-refractivity contribution in [2.45, 2.75) is 93.0 Å². The summed E-state index contributed by atoms with van der Waals surface area (Å²) in [6.45, 7) is 15.6. The molecule has 0 aliphatic rings. The number of hydrogen-bond acceptors (Lipinski definition) is 5. The van der Waals surface area contributed by atoms with E-state index in [0.29, 0.717) is 12.8 Å². The van der Waals surface area contributed by atoms with Gasteiger partial charge in [0.05, 0.1) is 31.7 Å². The summed E-state index contributed by atoms with van der Waals surface area (Å²) >= 11 is 0. The molecule has 1 atom stereocenters. The van der Waals surface area contributed by atoms with Crippen molar-refractivity contribution in [1.82, 2.24) is 0 Å². The van der Waals surface area contributed by atoms with Crippen molar-refractivity contribution in [3.8, 4) is 0 Å². The number of carbonyl (C=O) groups is 2. The second-order valence-electron chi connectivity index (χ2n) is 12.9. The lowest BCUT2D eigenvalue weighted by atomic mass is 9.84. The molecule has 0 saturated carbocycles. The van der Waals surface area contributed by atoms with Crippen LogP contribution in [0.4, 0.5) is 0 Å². The van der Waals surface area contributed by atoms with Crippen molar-refractivity contribution in [2.75, 3.05) is 27.3 Å². The van der Waals surface area contributed by atoms with Gasteiger partial charge in [0.2, 0.25) is 0 Å². The highest BCUT2D eigenvalue weighted by atomic mass is 16.6. The zero-order chi connectivity index (χ0) is 30.0. The molecule has 0 amide bonds. The zero-order valence-electron chi connectivity index (χ0n) is 26.3. The standard InChI is InChI=1S/C34H52NO5/c1-10-32(4,5)40-26-34(7,25-39-30(36)33(6,11-2)12-3)31(37)38-24-29-20-18-28(19-21-29)23-35(8,9)22-27-16-14-13-15-17-27/h13-21H,10-12,22-26H2,1-9H3/q+1. The Morgan fingerprint density at radius 1 is 0.650 bits per heavy atom. The van der Waals surface area contributed by atoms with Gasteiger partial charge in [-0.25, -0.2) is 0 Å². The van der Waals surface area contributed by atoms with Crippen molar-refractivity contribution < 1.29 is 28.3 Å². The van der Waals surface area contributed by atoms with E-state index in [0.717, 1.165) is 29.6 Å². The smallest absolute Gasteiger partial charge is 0.317 e. The average Bonchev–Trinajstić information content (AvgIpc) is 2.93. The second-order valence-corrected chi connectivity index (χ2v) is 12.9. The van der Waals surface area contributed by atoms with E-state index < -0.39 is 22.4 Å². The Labute approximate surface area is 242 Å². The van der Waals surface area contributed by atoms with Gasteiger partial charge in [-0.3, -0.25) is 9.59 Å². The van der Waals surface area contributed by atoms with E-state index in [2.05, 4.69) is 50.5 Å². The third kappa shape index (κ3) is 10.0. The Balaban J connectivity index is 2.05. The first-order chi connectivity index (χ1) is 18.7. The minimum Gasteiger partial charge on any atom is -0.464 e. The van der Waals surface area contributed by atoms with Crippen molar-refractivity contribution in [3.63, 3.8) is 0 Å². The van der Waals surface area contributed by atoms with E-state index in [-0.39, 0.29) is 25.8 Å². The lowest BCUT2D eigenvalue weighted by Gasteiger charge is -2.33. The fourth-order valence-corrected chi connectivity index (χ4v) is 4.25. The summed E-state index contributed by atoms with van der Waals surface area (Å²) in [5, 5.41) is 0. The molecule has 0 saturated heterocycles. The van der Waals surface area contributed by atoms with Gasteiger partial charge in [-0.1, -0.05) is 75.4 Å². The molecule has 0 N–H and O–H groups in total.